The number of hydrogen-bond donors (Lipinski definition) is 0. The van der Waals surface area contributed by atoms with Crippen LogP contribution in [0.1, 0.15) is 41.3 Å². The summed E-state index contributed by atoms with van der Waals surface area (Å²) in [7, 11) is 0. The molecule has 192 valence electrons. The Morgan fingerprint density at radius 1 is 0.973 bits per heavy atom. The Bertz CT molecular complexity index is 1230. The van der Waals surface area contributed by atoms with Crippen LogP contribution in [-0.2, 0) is 27.3 Å². The van der Waals surface area contributed by atoms with Crippen LogP contribution in [0.15, 0.2) is 78.9 Å². The molecule has 0 radical (unpaired) electrons. The van der Waals surface area contributed by atoms with Gasteiger partial charge in [-0.1, -0.05) is 48.5 Å². The highest BCUT2D eigenvalue weighted by Gasteiger charge is 2.29. The van der Waals surface area contributed by atoms with Crippen LogP contribution in [0.3, 0.4) is 0 Å². The summed E-state index contributed by atoms with van der Waals surface area (Å²) in [5.41, 5.74) is 2.66. The average Bonchev–Trinajstić information content (AvgIpc) is 2.92. The molecule has 0 bridgehead atoms. The van der Waals surface area contributed by atoms with Crippen LogP contribution >= 0.6 is 0 Å². The first-order valence-electron chi connectivity index (χ1n) is 12.6. The van der Waals surface area contributed by atoms with Gasteiger partial charge in [-0.3, -0.25) is 14.4 Å². The average molecular weight is 503 g/mol. The molecule has 4 rings (SSSR count). The Hall–Kier alpha value is -4.00. The molecule has 3 aromatic rings. The molecule has 3 aromatic carbocycles. The third kappa shape index (κ3) is 6.82. The molecule has 2 amide bonds. The molecule has 1 aliphatic heterocycles. The number of carbonyl (C=O) groups excluding carboxylic acids is 3. The Balaban J connectivity index is 1.48. The van der Waals surface area contributed by atoms with Gasteiger partial charge in [-0.2, -0.15) is 0 Å². The Morgan fingerprint density at radius 3 is 2.43 bits per heavy atom. The highest BCUT2D eigenvalue weighted by molar-refractivity contribution is 6.06. The molecule has 1 fully saturated rings. The van der Waals surface area contributed by atoms with Crippen molar-refractivity contribution in [2.75, 3.05) is 24.6 Å². The van der Waals surface area contributed by atoms with Gasteiger partial charge in [-0.05, 0) is 61.2 Å². The van der Waals surface area contributed by atoms with Gasteiger partial charge in [0.15, 0.2) is 0 Å². The topological polar surface area (TPSA) is 66.9 Å². The molecule has 1 atom stereocenters. The van der Waals surface area contributed by atoms with Crippen molar-refractivity contribution in [3.05, 3.63) is 101 Å². The number of nitrogens with zero attached hydrogens (tertiary/aromatic N) is 2. The van der Waals surface area contributed by atoms with Crippen molar-refractivity contribution in [3.8, 4) is 0 Å². The zero-order valence-corrected chi connectivity index (χ0v) is 20.9. The molecule has 1 heterocycles. The fourth-order valence-corrected chi connectivity index (χ4v) is 4.56. The summed E-state index contributed by atoms with van der Waals surface area (Å²) >= 11 is 0. The summed E-state index contributed by atoms with van der Waals surface area (Å²) in [5, 5.41) is 0. The van der Waals surface area contributed by atoms with Gasteiger partial charge in [0, 0.05) is 24.3 Å². The number of piperidine rings is 1. The van der Waals surface area contributed by atoms with Crippen molar-refractivity contribution in [1.29, 1.82) is 0 Å². The van der Waals surface area contributed by atoms with Gasteiger partial charge in [0.05, 0.1) is 25.5 Å². The van der Waals surface area contributed by atoms with E-state index in [1.165, 1.54) is 18.2 Å². The van der Waals surface area contributed by atoms with E-state index in [4.69, 9.17) is 4.74 Å². The molecule has 0 saturated carbocycles. The van der Waals surface area contributed by atoms with Gasteiger partial charge in [0.2, 0.25) is 5.91 Å². The van der Waals surface area contributed by atoms with Gasteiger partial charge in [0.25, 0.3) is 5.91 Å². The summed E-state index contributed by atoms with van der Waals surface area (Å²) in [6, 6.07) is 22.5. The van der Waals surface area contributed by atoms with E-state index in [9.17, 15) is 18.8 Å². The van der Waals surface area contributed by atoms with E-state index in [-0.39, 0.29) is 35.7 Å². The molecule has 37 heavy (non-hydrogen) atoms. The Morgan fingerprint density at radius 2 is 1.73 bits per heavy atom. The van der Waals surface area contributed by atoms with Crippen molar-refractivity contribution in [2.24, 2.45) is 5.92 Å². The minimum atomic E-state index is -0.470. The van der Waals surface area contributed by atoms with Crippen molar-refractivity contribution < 1.29 is 23.5 Å². The number of carbonyl (C=O) groups is 3. The number of rotatable bonds is 8. The largest absolute Gasteiger partial charge is 0.466 e. The van der Waals surface area contributed by atoms with Crippen molar-refractivity contribution in [3.63, 3.8) is 0 Å². The first-order chi connectivity index (χ1) is 17.9. The van der Waals surface area contributed by atoms with Gasteiger partial charge in [-0.15, -0.1) is 0 Å². The maximum atomic E-state index is 13.8. The van der Waals surface area contributed by atoms with Crippen LogP contribution in [0.25, 0.3) is 0 Å². The number of esters is 1. The number of benzene rings is 3. The maximum absolute atomic E-state index is 13.8. The summed E-state index contributed by atoms with van der Waals surface area (Å²) in [5.74, 6) is -1.35. The molecular weight excluding hydrogens is 471 g/mol. The molecule has 1 saturated heterocycles. The van der Waals surface area contributed by atoms with E-state index in [0.29, 0.717) is 31.9 Å². The fourth-order valence-electron chi connectivity index (χ4n) is 4.56. The molecule has 0 spiro atoms. The first-order valence-corrected chi connectivity index (χ1v) is 12.6. The lowest BCUT2D eigenvalue weighted by atomic mass is 9.97. The normalized spacial score (nSPS) is 15.2. The zero-order valence-electron chi connectivity index (χ0n) is 20.9. The predicted octanol–water partition coefficient (Wildman–Crippen LogP) is 5.02. The lowest BCUT2D eigenvalue weighted by molar-refractivity contribution is -0.151. The summed E-state index contributed by atoms with van der Waals surface area (Å²) in [4.78, 5) is 41.8. The second-order valence-corrected chi connectivity index (χ2v) is 9.16. The maximum Gasteiger partial charge on any atom is 0.310 e. The number of anilines is 1. The van der Waals surface area contributed by atoms with Crippen LogP contribution in [0.5, 0.6) is 0 Å². The molecule has 0 aliphatic carbocycles. The number of halogens is 1. The number of hydrogen-bond acceptors (Lipinski definition) is 4. The van der Waals surface area contributed by atoms with Crippen LogP contribution in [0.2, 0.25) is 0 Å². The van der Waals surface area contributed by atoms with E-state index in [2.05, 4.69) is 0 Å². The number of likely N-dealkylation sites (tertiary alicyclic amines) is 1. The van der Waals surface area contributed by atoms with E-state index in [1.54, 1.807) is 34.9 Å². The lowest BCUT2D eigenvalue weighted by Gasteiger charge is -2.31. The molecular formula is C30H31FN2O4. The second-order valence-electron chi connectivity index (χ2n) is 9.16. The van der Waals surface area contributed by atoms with Crippen LogP contribution in [0, 0.1) is 11.7 Å². The van der Waals surface area contributed by atoms with Crippen molar-refractivity contribution >= 4 is 23.5 Å². The fraction of sp³-hybridized carbons (Fsp3) is 0.300. The molecule has 1 aliphatic rings. The van der Waals surface area contributed by atoms with Crippen LogP contribution < -0.4 is 4.90 Å². The standard InChI is InChI=1S/C30H31FN2O4/c1-2-37-30(36)25-11-7-17-32(21-25)28(34)18-22-13-15-27(16-14-22)33(20-23-8-4-3-5-9-23)29(35)24-10-6-12-26(31)19-24/h3-6,8-10,12-16,19,25H,2,7,11,17-18,20-21H2,1H3/t25-/m1/s1. The Kier molecular flexibility index (Phi) is 8.67. The van der Waals surface area contributed by atoms with E-state index in [1.807, 2.05) is 42.5 Å². The second kappa shape index (κ2) is 12.3. The monoisotopic (exact) mass is 502 g/mol. The molecule has 6 nitrogen and oxygen atoms in total. The summed E-state index contributed by atoms with van der Waals surface area (Å²) in [6.07, 6.45) is 1.70. The smallest absolute Gasteiger partial charge is 0.310 e. The molecule has 0 aromatic heterocycles. The third-order valence-corrected chi connectivity index (χ3v) is 6.50. The van der Waals surface area contributed by atoms with E-state index >= 15 is 0 Å². The predicted molar refractivity (Wildman–Crippen MR) is 139 cm³/mol. The molecule has 0 unspecified atom stereocenters. The summed E-state index contributed by atoms with van der Waals surface area (Å²) in [6.45, 7) is 3.43. The van der Waals surface area contributed by atoms with Crippen LogP contribution in [-0.4, -0.2) is 42.4 Å². The highest BCUT2D eigenvalue weighted by atomic mass is 19.1. The molecule has 0 N–H and O–H groups in total. The van der Waals surface area contributed by atoms with E-state index in [0.717, 1.165) is 24.0 Å². The minimum absolute atomic E-state index is 0.0428. The Labute approximate surface area is 216 Å². The molecule has 7 heteroatoms. The highest BCUT2D eigenvalue weighted by Crippen LogP contribution is 2.23. The van der Waals surface area contributed by atoms with Crippen molar-refractivity contribution in [1.82, 2.24) is 4.90 Å². The van der Waals surface area contributed by atoms with Crippen molar-refractivity contribution in [2.45, 2.75) is 32.7 Å². The van der Waals surface area contributed by atoms with Gasteiger partial charge in [0.1, 0.15) is 5.82 Å². The lowest BCUT2D eigenvalue weighted by Crippen LogP contribution is -2.43. The number of ether oxygens (including phenoxy) is 1. The summed E-state index contributed by atoms with van der Waals surface area (Å²) < 4.78 is 19.0. The first kappa shape index (κ1) is 26.1. The van der Waals surface area contributed by atoms with Crippen LogP contribution in [0.4, 0.5) is 10.1 Å². The van der Waals surface area contributed by atoms with E-state index < -0.39 is 5.82 Å². The number of amides is 2. The van der Waals surface area contributed by atoms with Gasteiger partial charge < -0.3 is 14.5 Å². The van der Waals surface area contributed by atoms with Gasteiger partial charge in [-0.25, -0.2) is 4.39 Å². The minimum Gasteiger partial charge on any atom is -0.466 e. The van der Waals surface area contributed by atoms with Gasteiger partial charge >= 0.3 is 5.97 Å². The zero-order chi connectivity index (χ0) is 26.2. The quantitative estimate of drug-likeness (QED) is 0.406. The third-order valence-electron chi connectivity index (χ3n) is 6.50. The SMILES string of the molecule is CCOC(=O)[C@@H]1CCCN(C(=O)Cc2ccc(N(Cc3ccccc3)C(=O)c3cccc(F)c3)cc2)C1.